The van der Waals surface area contributed by atoms with E-state index >= 15 is 4.39 Å². The number of likely N-dealkylation sites (tertiary alicyclic amines) is 1. The number of ether oxygens (including phenoxy) is 1. The number of carbonyl (C=O) groups is 4. The zero-order valence-electron chi connectivity index (χ0n) is 26.0. The highest BCUT2D eigenvalue weighted by Crippen LogP contribution is 2.42. The molecule has 4 rings (SSSR count). The first-order valence-corrected chi connectivity index (χ1v) is 16.5. The molecule has 0 radical (unpaired) electrons. The Labute approximate surface area is 267 Å². The highest BCUT2D eigenvalue weighted by atomic mass is 32.2. The lowest BCUT2D eigenvalue weighted by Gasteiger charge is -2.34. The Morgan fingerprint density at radius 3 is 2.37 bits per heavy atom. The van der Waals surface area contributed by atoms with Crippen LogP contribution in [0.1, 0.15) is 55.6 Å². The summed E-state index contributed by atoms with van der Waals surface area (Å²) in [6, 6.07) is 7.47. The van der Waals surface area contributed by atoms with Crippen LogP contribution in [0.4, 0.5) is 14.9 Å². The fourth-order valence-corrected chi connectivity index (χ4v) is 7.64. The van der Waals surface area contributed by atoms with E-state index in [9.17, 15) is 32.7 Å². The number of nitrogens with zero attached hydrogens (tertiary/aromatic N) is 2. The van der Waals surface area contributed by atoms with Crippen molar-refractivity contribution in [3.05, 3.63) is 65.5 Å². The Morgan fingerprint density at radius 1 is 1.02 bits per heavy atom. The van der Waals surface area contributed by atoms with Crippen LogP contribution in [0.5, 0.6) is 0 Å². The van der Waals surface area contributed by atoms with Crippen molar-refractivity contribution in [3.8, 4) is 0 Å². The van der Waals surface area contributed by atoms with E-state index in [4.69, 9.17) is 4.74 Å². The molecule has 2 saturated heterocycles. The van der Waals surface area contributed by atoms with Gasteiger partial charge in [0.2, 0.25) is 21.8 Å². The van der Waals surface area contributed by atoms with Crippen molar-refractivity contribution in [2.45, 2.75) is 50.9 Å². The van der Waals surface area contributed by atoms with Crippen molar-refractivity contribution >= 4 is 39.5 Å². The van der Waals surface area contributed by atoms with Gasteiger partial charge in [0.25, 0.3) is 0 Å². The minimum atomic E-state index is -4.17. The summed E-state index contributed by atoms with van der Waals surface area (Å²) in [6.45, 7) is 6.09. The number of benzene rings is 2. The van der Waals surface area contributed by atoms with Crippen LogP contribution in [0.3, 0.4) is 0 Å². The Morgan fingerprint density at radius 2 is 1.72 bits per heavy atom. The monoisotopic (exact) mass is 661 g/mol. The first-order chi connectivity index (χ1) is 21.7. The van der Waals surface area contributed by atoms with Crippen LogP contribution < -0.4 is 16.0 Å². The predicted octanol–water partition coefficient (Wildman–Crippen LogP) is 2.57. The summed E-state index contributed by atoms with van der Waals surface area (Å²) in [5, 5.41) is 15.5. The maximum Gasteiger partial charge on any atom is 0.335 e. The number of rotatable bonds is 10. The third-order valence-electron chi connectivity index (χ3n) is 7.91. The van der Waals surface area contributed by atoms with Crippen LogP contribution in [-0.2, 0) is 24.3 Å². The Kier molecular flexibility index (Phi) is 11.0. The lowest BCUT2D eigenvalue weighted by atomic mass is 9.92. The van der Waals surface area contributed by atoms with Gasteiger partial charge in [0, 0.05) is 30.9 Å². The van der Waals surface area contributed by atoms with Gasteiger partial charge in [0.15, 0.2) is 0 Å². The molecule has 0 saturated carbocycles. The Hall–Kier alpha value is -4.08. The summed E-state index contributed by atoms with van der Waals surface area (Å²) in [5.41, 5.74) is -0.0929. The van der Waals surface area contributed by atoms with Gasteiger partial charge >= 0.3 is 12.0 Å². The molecule has 2 fully saturated rings. The van der Waals surface area contributed by atoms with Gasteiger partial charge in [-0.25, -0.2) is 22.4 Å². The third-order valence-corrected chi connectivity index (χ3v) is 10.2. The number of carboxylic acids is 1. The van der Waals surface area contributed by atoms with Crippen molar-refractivity contribution in [2.24, 2.45) is 5.41 Å². The fourth-order valence-electron chi connectivity index (χ4n) is 5.57. The molecule has 250 valence electrons. The lowest BCUT2D eigenvalue weighted by molar-refractivity contribution is -0.139. The molecule has 46 heavy (non-hydrogen) atoms. The molecule has 2 aromatic carbocycles. The number of carboxylic acid groups (broad SMARTS) is 1. The van der Waals surface area contributed by atoms with E-state index in [0.717, 1.165) is 11.0 Å². The van der Waals surface area contributed by atoms with Gasteiger partial charge < -0.3 is 30.7 Å². The molecule has 3 unspecified atom stereocenters. The smallest absolute Gasteiger partial charge is 0.335 e. The second-order valence-electron chi connectivity index (χ2n) is 12.4. The van der Waals surface area contributed by atoms with Crippen LogP contribution in [0.25, 0.3) is 0 Å². The first kappa shape index (κ1) is 34.8. The van der Waals surface area contributed by atoms with Crippen LogP contribution in [0.15, 0.2) is 48.5 Å². The zero-order valence-corrected chi connectivity index (χ0v) is 26.8. The average molecular weight is 662 g/mol. The van der Waals surface area contributed by atoms with E-state index in [-0.39, 0.29) is 61.5 Å². The number of nitrogens with one attached hydrogen (secondary N) is 3. The molecule has 4 N–H and O–H groups in total. The highest BCUT2D eigenvalue weighted by Gasteiger charge is 2.54. The van der Waals surface area contributed by atoms with Crippen molar-refractivity contribution in [2.75, 3.05) is 44.7 Å². The summed E-state index contributed by atoms with van der Waals surface area (Å²) in [4.78, 5) is 52.6. The van der Waals surface area contributed by atoms with Gasteiger partial charge in [0.1, 0.15) is 17.1 Å². The van der Waals surface area contributed by atoms with Crippen LogP contribution in [-0.4, -0.2) is 97.2 Å². The molecular weight excluding hydrogens is 621 g/mol. The first-order valence-electron chi connectivity index (χ1n) is 15.0. The quantitative estimate of drug-likeness (QED) is 0.301. The highest BCUT2D eigenvalue weighted by molar-refractivity contribution is 7.89. The number of morpholine rings is 1. The number of hydrogen-bond donors (Lipinski definition) is 4. The van der Waals surface area contributed by atoms with Gasteiger partial charge in [-0.1, -0.05) is 45.0 Å². The number of sulfonamides is 1. The number of carbonyl (C=O) groups excluding carboxylic acids is 3. The van der Waals surface area contributed by atoms with Crippen molar-refractivity contribution in [3.63, 3.8) is 0 Å². The van der Waals surface area contributed by atoms with E-state index in [0.29, 0.717) is 6.42 Å². The second kappa shape index (κ2) is 14.6. The van der Waals surface area contributed by atoms with E-state index in [1.54, 1.807) is 0 Å². The Balaban J connectivity index is 1.65. The molecule has 0 aromatic heterocycles. The number of anilines is 1. The van der Waals surface area contributed by atoms with E-state index in [2.05, 4.69) is 16.0 Å². The summed E-state index contributed by atoms with van der Waals surface area (Å²) < 4.78 is 50.1. The number of amides is 4. The van der Waals surface area contributed by atoms with E-state index in [1.807, 2.05) is 20.8 Å². The number of aromatic carboxylic acids is 1. The maximum absolute atomic E-state index is 15.4. The van der Waals surface area contributed by atoms with Crippen LogP contribution >= 0.6 is 0 Å². The molecule has 13 nitrogen and oxygen atoms in total. The molecule has 15 heteroatoms. The number of halogens is 1. The predicted molar refractivity (Wildman–Crippen MR) is 167 cm³/mol. The molecule has 2 aliphatic rings. The van der Waals surface area contributed by atoms with Crippen LogP contribution in [0, 0.1) is 11.2 Å². The standard InChI is InChI=1S/C31H40FN5O8S/c1-31(2,3)11-12-33-28(39)24-18-25(46(43,44)36-13-15-45-16-14-36)27(22-9-4-5-10-23(22)32)37(24)26(38)19-34-30(42)35-21-8-6-7-20(17-21)29(40)41/h4-10,17,24-25,27H,11-16,18-19H2,1-3H3,(H,33,39)(H,40,41)(H2,34,35,42). The molecule has 2 aliphatic heterocycles. The molecule has 0 spiro atoms. The molecular formula is C31H40FN5O8S. The Bertz CT molecular complexity index is 1560. The molecule has 0 aliphatic carbocycles. The zero-order chi connectivity index (χ0) is 33.6. The molecule has 4 amide bonds. The van der Waals surface area contributed by atoms with Crippen LogP contribution in [0.2, 0.25) is 0 Å². The van der Waals surface area contributed by atoms with Crippen molar-refractivity contribution < 1.29 is 41.8 Å². The van der Waals surface area contributed by atoms with Gasteiger partial charge in [-0.3, -0.25) is 9.59 Å². The van der Waals surface area contributed by atoms with Gasteiger partial charge in [-0.05, 0) is 42.5 Å². The molecule has 3 atom stereocenters. The van der Waals surface area contributed by atoms with E-state index < -0.39 is 63.5 Å². The minimum Gasteiger partial charge on any atom is -0.478 e. The molecule has 2 aromatic rings. The summed E-state index contributed by atoms with van der Waals surface area (Å²) in [7, 11) is -4.17. The average Bonchev–Trinajstić information content (AvgIpc) is 3.41. The second-order valence-corrected chi connectivity index (χ2v) is 14.6. The topological polar surface area (TPSA) is 174 Å². The fraction of sp³-hybridized carbons (Fsp3) is 0.484. The van der Waals surface area contributed by atoms with Crippen molar-refractivity contribution in [1.29, 1.82) is 0 Å². The lowest BCUT2D eigenvalue weighted by Crippen LogP contribution is -2.51. The maximum atomic E-state index is 15.4. The van der Waals surface area contributed by atoms with Crippen molar-refractivity contribution in [1.82, 2.24) is 19.8 Å². The number of urea groups is 1. The molecule has 0 bridgehead atoms. The summed E-state index contributed by atoms with van der Waals surface area (Å²) >= 11 is 0. The third kappa shape index (κ3) is 8.39. The number of hydrogen-bond acceptors (Lipinski definition) is 7. The summed E-state index contributed by atoms with van der Waals surface area (Å²) in [5.74, 6) is -3.34. The summed E-state index contributed by atoms with van der Waals surface area (Å²) in [6.07, 6.45) is 0.316. The SMILES string of the molecule is CC(C)(C)CCNC(=O)C1CC(S(=O)(=O)N2CCOCC2)C(c2ccccc2F)N1C(=O)CNC(=O)Nc1cccc(C(=O)O)c1. The normalized spacial score (nSPS) is 20.6. The van der Waals surface area contributed by atoms with Gasteiger partial charge in [-0.15, -0.1) is 0 Å². The van der Waals surface area contributed by atoms with Gasteiger partial charge in [0.05, 0.1) is 31.4 Å². The van der Waals surface area contributed by atoms with E-state index in [1.165, 1.54) is 46.8 Å². The largest absolute Gasteiger partial charge is 0.478 e. The van der Waals surface area contributed by atoms with Gasteiger partial charge in [-0.2, -0.15) is 4.31 Å². The molecule has 2 heterocycles. The minimum absolute atomic E-state index is 0.0634.